The van der Waals surface area contributed by atoms with Crippen molar-refractivity contribution in [3.05, 3.63) is 0 Å². The number of phosphoric ester groups is 1. The van der Waals surface area contributed by atoms with E-state index in [1.54, 1.807) is 11.9 Å². The topological polar surface area (TPSA) is 119 Å². The number of urea groups is 1. The molecule has 0 spiro atoms. The van der Waals surface area contributed by atoms with Gasteiger partial charge in [0.2, 0.25) is 0 Å². The lowest BCUT2D eigenvalue weighted by atomic mass is 10.0. The van der Waals surface area contributed by atoms with Gasteiger partial charge in [-0.05, 0) is 6.42 Å². The van der Waals surface area contributed by atoms with Gasteiger partial charge in [-0.2, -0.15) is 0 Å². The van der Waals surface area contributed by atoms with Gasteiger partial charge in [-0.25, -0.2) is 9.36 Å². The monoisotopic (exact) mass is 554 g/mol. The Bertz CT molecular complexity index is 555. The van der Waals surface area contributed by atoms with Gasteiger partial charge in [0.05, 0.1) is 27.7 Å². The van der Waals surface area contributed by atoms with Crippen molar-refractivity contribution in [1.82, 2.24) is 10.2 Å². The fourth-order valence-corrected chi connectivity index (χ4v) is 4.20. The molecule has 0 fully saturated rings. The molecule has 0 radical (unpaired) electrons. The van der Waals surface area contributed by atoms with E-state index < -0.39 is 7.82 Å². The minimum atomic E-state index is -4.26. The quantitative estimate of drug-likeness (QED) is 0.0733. The number of nitrogens with one attached hydrogen (secondary N) is 1. The van der Waals surface area contributed by atoms with E-state index >= 15 is 0 Å². The number of rotatable bonds is 23. The van der Waals surface area contributed by atoms with Gasteiger partial charge in [0.1, 0.15) is 13.2 Å². The lowest BCUT2D eigenvalue weighted by molar-refractivity contribution is -0.870. The van der Waals surface area contributed by atoms with E-state index in [0.29, 0.717) is 17.6 Å². The van der Waals surface area contributed by atoms with Crippen LogP contribution in [0.4, 0.5) is 4.79 Å². The number of aliphatic hydroxyl groups is 1. The first-order chi connectivity index (χ1) is 17.5. The lowest BCUT2D eigenvalue weighted by Crippen LogP contribution is -2.40. The molecule has 0 aliphatic heterocycles. The predicted octanol–water partition coefficient (Wildman–Crippen LogP) is 5.68. The van der Waals surface area contributed by atoms with E-state index in [9.17, 15) is 9.36 Å². The van der Waals surface area contributed by atoms with E-state index in [0.717, 1.165) is 13.0 Å². The molecule has 0 saturated heterocycles. The Hall–Kier alpha value is -0.700. The smallest absolute Gasteiger partial charge is 0.395 e. The van der Waals surface area contributed by atoms with Gasteiger partial charge in [-0.15, -0.1) is 0 Å². The molecule has 9 nitrogen and oxygen atoms in total. The second-order valence-electron chi connectivity index (χ2n) is 10.9. The maximum Gasteiger partial charge on any atom is 0.469 e. The third-order valence-corrected chi connectivity index (χ3v) is 6.69. The lowest BCUT2D eigenvalue weighted by Gasteiger charge is -2.23. The number of carbonyl (C=O) groups excluding carboxylic acids is 1. The van der Waals surface area contributed by atoms with Gasteiger partial charge in [-0.3, -0.25) is 4.52 Å². The normalized spacial score (nSPS) is 11.7. The summed E-state index contributed by atoms with van der Waals surface area (Å²) < 4.78 is 15.1. The molecule has 0 unspecified atom stereocenters. The Morgan fingerprint density at radius 1 is 0.784 bits per heavy atom. The van der Waals surface area contributed by atoms with Crippen LogP contribution < -0.4 is 5.32 Å². The number of carbonyl (C=O) groups is 1. The molecule has 0 saturated carbocycles. The van der Waals surface area contributed by atoms with Crippen molar-refractivity contribution in [3.8, 4) is 0 Å². The average molecular weight is 555 g/mol. The molecular formula is C27H61N3O6P+. The Morgan fingerprint density at radius 2 is 1.19 bits per heavy atom. The van der Waals surface area contributed by atoms with Crippen molar-refractivity contribution >= 4 is 13.9 Å². The number of hydrogen-bond donors (Lipinski definition) is 4. The highest BCUT2D eigenvalue weighted by Crippen LogP contribution is 2.35. The summed E-state index contributed by atoms with van der Waals surface area (Å²) in [7, 11) is 3.14. The van der Waals surface area contributed by atoms with E-state index in [-0.39, 0.29) is 19.2 Å². The van der Waals surface area contributed by atoms with Crippen LogP contribution in [0, 0.1) is 0 Å². The van der Waals surface area contributed by atoms with Crippen molar-refractivity contribution in [2.24, 2.45) is 0 Å². The molecule has 0 aromatic heterocycles. The van der Waals surface area contributed by atoms with Crippen LogP contribution >= 0.6 is 7.82 Å². The Morgan fingerprint density at radius 3 is 1.51 bits per heavy atom. The molecule has 224 valence electrons. The standard InChI is InChI=1S/C22H46N2O2.C5H14NO4P/c1-3-4-5-6-7-8-9-10-11-12-13-14-15-16-17-18-19-24(20-21-25)22(26)23-2;1-6(2,3)4-5-10-11(7,8)9/h25H,3-21H2,1-2H3,(H,23,26);4-5H2,1-3H3,(H-,7,8,9)/p+1. The average Bonchev–Trinajstić information content (AvgIpc) is 2.81. The Labute approximate surface area is 228 Å². The van der Waals surface area contributed by atoms with E-state index in [4.69, 9.17) is 14.9 Å². The zero-order valence-corrected chi connectivity index (χ0v) is 25.7. The first kappa shape index (κ1) is 38.4. The maximum atomic E-state index is 11.6. The van der Waals surface area contributed by atoms with Gasteiger partial charge in [0.15, 0.2) is 0 Å². The molecule has 0 aromatic carbocycles. The summed E-state index contributed by atoms with van der Waals surface area (Å²) in [4.78, 5) is 29.9. The summed E-state index contributed by atoms with van der Waals surface area (Å²) in [6.07, 6.45) is 21.7. The molecule has 37 heavy (non-hydrogen) atoms. The summed E-state index contributed by atoms with van der Waals surface area (Å²) in [6.45, 7) is 4.14. The Kier molecular flexibility index (Phi) is 26.6. The SMILES string of the molecule is CCCCCCCCCCCCCCCCCCN(CCO)C(=O)NC.C[N+](C)(C)CCOP(=O)(O)O. The van der Waals surface area contributed by atoms with Crippen LogP contribution in [0.15, 0.2) is 0 Å². The highest BCUT2D eigenvalue weighted by atomic mass is 31.2. The van der Waals surface area contributed by atoms with Crippen LogP contribution in [0.1, 0.15) is 110 Å². The van der Waals surface area contributed by atoms with Crippen LogP contribution in [-0.2, 0) is 9.09 Å². The van der Waals surface area contributed by atoms with Crippen LogP contribution in [0.3, 0.4) is 0 Å². The third kappa shape index (κ3) is 33.3. The molecule has 2 amide bonds. The molecule has 10 heteroatoms. The van der Waals surface area contributed by atoms with Crippen LogP contribution in [0.2, 0.25) is 0 Å². The second kappa shape index (κ2) is 25.6. The fourth-order valence-electron chi connectivity index (χ4n) is 3.88. The molecule has 0 aromatic rings. The number of unbranched alkanes of at least 4 members (excludes halogenated alkanes) is 15. The second-order valence-corrected chi connectivity index (χ2v) is 12.1. The number of nitrogens with zero attached hydrogens (tertiary/aromatic N) is 2. The zero-order valence-electron chi connectivity index (χ0n) is 24.8. The van der Waals surface area contributed by atoms with Gasteiger partial charge in [-0.1, -0.05) is 103 Å². The third-order valence-electron chi connectivity index (χ3n) is 6.17. The number of phosphoric acid groups is 1. The van der Waals surface area contributed by atoms with Crippen molar-refractivity contribution in [2.75, 3.05) is 61.0 Å². The highest BCUT2D eigenvalue weighted by molar-refractivity contribution is 7.46. The number of quaternary nitrogens is 1. The van der Waals surface area contributed by atoms with Crippen LogP contribution in [0.5, 0.6) is 0 Å². The highest BCUT2D eigenvalue weighted by Gasteiger charge is 2.16. The fraction of sp³-hybridized carbons (Fsp3) is 0.963. The summed E-state index contributed by atoms with van der Waals surface area (Å²) in [6, 6.07) is -0.0833. The van der Waals surface area contributed by atoms with Crippen molar-refractivity contribution in [2.45, 2.75) is 110 Å². The van der Waals surface area contributed by atoms with E-state index in [2.05, 4.69) is 16.8 Å². The molecule has 0 heterocycles. The first-order valence-electron chi connectivity index (χ1n) is 14.5. The molecule has 0 atom stereocenters. The molecule has 0 aliphatic carbocycles. The minimum absolute atomic E-state index is 0.0340. The molecule has 0 aliphatic rings. The number of likely N-dealkylation sites (N-methyl/N-ethyl adjacent to an activating group) is 1. The van der Waals surface area contributed by atoms with E-state index in [1.165, 1.54) is 96.3 Å². The summed E-state index contributed by atoms with van der Waals surface area (Å²) in [5.41, 5.74) is 0. The van der Waals surface area contributed by atoms with Crippen molar-refractivity contribution < 1.29 is 33.3 Å². The van der Waals surface area contributed by atoms with Crippen molar-refractivity contribution in [3.63, 3.8) is 0 Å². The molecular weight excluding hydrogens is 493 g/mol. The van der Waals surface area contributed by atoms with Crippen LogP contribution in [-0.4, -0.2) is 91.3 Å². The summed E-state index contributed by atoms with van der Waals surface area (Å²) >= 11 is 0. The minimum Gasteiger partial charge on any atom is -0.395 e. The molecule has 0 bridgehead atoms. The van der Waals surface area contributed by atoms with Crippen LogP contribution in [0.25, 0.3) is 0 Å². The summed E-state index contributed by atoms with van der Waals surface area (Å²) in [5.74, 6) is 0. The molecule has 4 N–H and O–H groups in total. The number of aliphatic hydroxyl groups excluding tert-OH is 1. The van der Waals surface area contributed by atoms with Gasteiger partial charge < -0.3 is 29.6 Å². The predicted molar refractivity (Wildman–Crippen MR) is 154 cm³/mol. The van der Waals surface area contributed by atoms with Gasteiger partial charge >= 0.3 is 13.9 Å². The largest absolute Gasteiger partial charge is 0.469 e. The Balaban J connectivity index is 0. The zero-order chi connectivity index (χ0) is 28.4. The van der Waals surface area contributed by atoms with Gasteiger partial charge in [0, 0.05) is 20.1 Å². The van der Waals surface area contributed by atoms with Crippen molar-refractivity contribution in [1.29, 1.82) is 0 Å². The number of amides is 2. The van der Waals surface area contributed by atoms with E-state index in [1.807, 2.05) is 21.1 Å². The first-order valence-corrected chi connectivity index (χ1v) is 16.1. The van der Waals surface area contributed by atoms with Gasteiger partial charge in [0.25, 0.3) is 0 Å². The summed E-state index contributed by atoms with van der Waals surface area (Å²) in [5, 5.41) is 11.6. The maximum absolute atomic E-state index is 11.6. The molecule has 0 rings (SSSR count). The number of hydrogen-bond acceptors (Lipinski definition) is 4.